The molecule has 0 aliphatic carbocycles. The van der Waals surface area contributed by atoms with Crippen LogP contribution in [0.5, 0.6) is 5.75 Å². The quantitative estimate of drug-likeness (QED) is 0.412. The molecule has 2 heterocycles. The average molecular weight is 643 g/mol. The first-order chi connectivity index (χ1) is 21.4. The van der Waals surface area contributed by atoms with Gasteiger partial charge in [-0.25, -0.2) is 4.79 Å². The molecule has 45 heavy (non-hydrogen) atoms. The van der Waals surface area contributed by atoms with E-state index in [0.717, 1.165) is 5.69 Å². The van der Waals surface area contributed by atoms with Crippen LogP contribution in [0.2, 0.25) is 5.02 Å². The second kappa shape index (κ2) is 16.8. The lowest BCUT2D eigenvalue weighted by Crippen LogP contribution is -2.49. The zero-order valence-electron chi connectivity index (χ0n) is 26.6. The number of amides is 2. The molecule has 2 N–H and O–H groups in total. The minimum atomic E-state index is -1.13. The van der Waals surface area contributed by atoms with E-state index in [9.17, 15) is 19.2 Å². The summed E-state index contributed by atoms with van der Waals surface area (Å²) in [6, 6.07) is 5.99. The summed E-state index contributed by atoms with van der Waals surface area (Å²) in [4.78, 5) is 52.7. The Balaban J connectivity index is 1.89. The number of esters is 2. The number of aryl methyl sites for hydroxylation is 1. The monoisotopic (exact) mass is 642 g/mol. The molecule has 0 unspecified atom stereocenters. The second-order valence-corrected chi connectivity index (χ2v) is 12.1. The fourth-order valence-corrected chi connectivity index (χ4v) is 4.92. The highest BCUT2D eigenvalue weighted by molar-refractivity contribution is 6.32. The SMILES string of the molecule is COc1ccc(C[C@H]2NC(=O)/C=C/C[C@@H]([C@H](C)/C=C/c3ccn(C)n3)OC(=O)[C@H](CC(C)C)OC(=O)[C@H](C)CNC2=O)cc1Cl. The van der Waals surface area contributed by atoms with Gasteiger partial charge in [-0.3, -0.25) is 19.1 Å². The number of hydrogen-bond donors (Lipinski definition) is 2. The van der Waals surface area contributed by atoms with Crippen LogP contribution in [0.15, 0.2) is 48.7 Å². The molecule has 0 spiro atoms. The fraction of sp³-hybridized carbons (Fsp3) is 0.485. The maximum atomic E-state index is 13.4. The fourth-order valence-electron chi connectivity index (χ4n) is 4.64. The molecule has 1 aromatic carbocycles. The molecule has 3 rings (SSSR count). The Bertz CT molecular complexity index is 1400. The van der Waals surface area contributed by atoms with Crippen molar-refractivity contribution in [2.75, 3.05) is 13.7 Å². The number of carbonyl (C=O) groups is 4. The van der Waals surface area contributed by atoms with Gasteiger partial charge in [0.25, 0.3) is 0 Å². The largest absolute Gasteiger partial charge is 0.495 e. The van der Waals surface area contributed by atoms with E-state index in [1.54, 1.807) is 35.9 Å². The van der Waals surface area contributed by atoms with E-state index in [0.29, 0.717) is 16.3 Å². The highest BCUT2D eigenvalue weighted by Gasteiger charge is 2.31. The van der Waals surface area contributed by atoms with Crippen molar-refractivity contribution in [2.24, 2.45) is 24.8 Å². The van der Waals surface area contributed by atoms with E-state index >= 15 is 0 Å². The predicted octanol–water partition coefficient (Wildman–Crippen LogP) is 4.04. The Morgan fingerprint density at radius 2 is 1.89 bits per heavy atom. The summed E-state index contributed by atoms with van der Waals surface area (Å²) in [5.41, 5.74) is 1.44. The number of cyclic esters (lactones) is 2. The van der Waals surface area contributed by atoms with Crippen LogP contribution in [0.3, 0.4) is 0 Å². The van der Waals surface area contributed by atoms with Crippen LogP contribution in [-0.2, 0) is 42.1 Å². The molecule has 0 saturated heterocycles. The molecule has 11 nitrogen and oxygen atoms in total. The molecule has 12 heteroatoms. The predicted molar refractivity (Wildman–Crippen MR) is 170 cm³/mol. The molecule has 244 valence electrons. The summed E-state index contributed by atoms with van der Waals surface area (Å²) in [5, 5.41) is 10.2. The third-order valence-corrected chi connectivity index (χ3v) is 7.57. The number of rotatable bonds is 8. The minimum Gasteiger partial charge on any atom is -0.495 e. The van der Waals surface area contributed by atoms with Gasteiger partial charge in [0.1, 0.15) is 17.9 Å². The van der Waals surface area contributed by atoms with Gasteiger partial charge in [0.2, 0.25) is 11.8 Å². The normalized spacial score (nSPS) is 23.6. The van der Waals surface area contributed by atoms with Crippen LogP contribution in [0.1, 0.15) is 51.8 Å². The van der Waals surface area contributed by atoms with Crippen LogP contribution < -0.4 is 15.4 Å². The summed E-state index contributed by atoms with van der Waals surface area (Å²) in [6.07, 6.45) is 7.22. The van der Waals surface area contributed by atoms with E-state index in [2.05, 4.69) is 15.7 Å². The lowest BCUT2D eigenvalue weighted by molar-refractivity contribution is -0.175. The third-order valence-electron chi connectivity index (χ3n) is 7.28. The lowest BCUT2D eigenvalue weighted by atomic mass is 9.99. The Morgan fingerprint density at radius 3 is 2.53 bits per heavy atom. The second-order valence-electron chi connectivity index (χ2n) is 11.7. The van der Waals surface area contributed by atoms with Crippen LogP contribution in [-0.4, -0.2) is 65.4 Å². The Hall–Kier alpha value is -4.12. The zero-order chi connectivity index (χ0) is 33.1. The van der Waals surface area contributed by atoms with Crippen LogP contribution in [0.25, 0.3) is 6.08 Å². The molecule has 0 saturated carbocycles. The lowest BCUT2D eigenvalue weighted by Gasteiger charge is -2.26. The van der Waals surface area contributed by atoms with Crippen molar-refractivity contribution in [3.63, 3.8) is 0 Å². The van der Waals surface area contributed by atoms with Gasteiger partial charge < -0.3 is 24.8 Å². The third kappa shape index (κ3) is 11.1. The number of ether oxygens (including phenoxy) is 3. The number of nitrogens with one attached hydrogen (secondary N) is 2. The number of benzene rings is 1. The van der Waals surface area contributed by atoms with Gasteiger partial charge in [0, 0.05) is 38.5 Å². The van der Waals surface area contributed by atoms with Crippen molar-refractivity contribution in [3.05, 3.63) is 65.0 Å². The van der Waals surface area contributed by atoms with Gasteiger partial charge in [-0.05, 0) is 48.3 Å². The Kier molecular flexibility index (Phi) is 13.2. The van der Waals surface area contributed by atoms with E-state index in [-0.39, 0.29) is 37.6 Å². The molecule has 0 fully saturated rings. The molecule has 5 atom stereocenters. The van der Waals surface area contributed by atoms with Gasteiger partial charge in [-0.15, -0.1) is 0 Å². The summed E-state index contributed by atoms with van der Waals surface area (Å²) in [6.45, 7) is 7.24. The van der Waals surface area contributed by atoms with Crippen molar-refractivity contribution in [1.29, 1.82) is 0 Å². The van der Waals surface area contributed by atoms with Crippen LogP contribution >= 0.6 is 11.6 Å². The first kappa shape index (κ1) is 35.4. The van der Waals surface area contributed by atoms with Crippen molar-refractivity contribution in [1.82, 2.24) is 20.4 Å². The van der Waals surface area contributed by atoms with Gasteiger partial charge in [0.05, 0.1) is 23.7 Å². The minimum absolute atomic E-state index is 0.0340. The number of hydrogen-bond acceptors (Lipinski definition) is 8. The number of halogens is 1. The first-order valence-electron chi connectivity index (χ1n) is 15.0. The van der Waals surface area contributed by atoms with Crippen molar-refractivity contribution in [3.8, 4) is 5.75 Å². The summed E-state index contributed by atoms with van der Waals surface area (Å²) in [5.74, 6) is -2.84. The van der Waals surface area contributed by atoms with Gasteiger partial charge in [0.15, 0.2) is 6.10 Å². The zero-order valence-corrected chi connectivity index (χ0v) is 27.4. The highest BCUT2D eigenvalue weighted by Crippen LogP contribution is 2.26. The number of aromatic nitrogens is 2. The molecular weight excluding hydrogens is 600 g/mol. The number of nitrogens with zero attached hydrogens (tertiary/aromatic N) is 2. The molecule has 0 bridgehead atoms. The first-order valence-corrected chi connectivity index (χ1v) is 15.4. The number of carbonyl (C=O) groups excluding carboxylic acids is 4. The molecule has 1 aromatic heterocycles. The maximum absolute atomic E-state index is 13.4. The molecule has 2 amide bonds. The molecular formula is C33H43ClN4O7. The smallest absolute Gasteiger partial charge is 0.347 e. The summed E-state index contributed by atoms with van der Waals surface area (Å²) in [7, 11) is 3.32. The van der Waals surface area contributed by atoms with E-state index in [1.807, 2.05) is 52.2 Å². The van der Waals surface area contributed by atoms with Gasteiger partial charge in [-0.1, -0.05) is 57.5 Å². The number of methoxy groups -OCH3 is 1. The van der Waals surface area contributed by atoms with Crippen molar-refractivity contribution in [2.45, 2.75) is 65.2 Å². The summed E-state index contributed by atoms with van der Waals surface area (Å²) >= 11 is 6.29. The summed E-state index contributed by atoms with van der Waals surface area (Å²) < 4.78 is 18.5. The standard InChI is InChI=1S/C33H43ClN4O7/c1-20(2)16-29-33(42)44-27(21(3)10-12-24-14-15-38(5)37-24)8-7-9-30(39)36-26(31(40)35-19-22(4)32(41)45-29)18-23-11-13-28(43-6)25(34)17-23/h7,9-15,17,20-22,26-27,29H,8,16,18-19H2,1-6H3,(H,35,40)(H,36,39)/b9-7+,12-10+/t21-,22-,26-,27+,29+/m1/s1. The average Bonchev–Trinajstić information content (AvgIpc) is 3.41. The van der Waals surface area contributed by atoms with Gasteiger partial charge >= 0.3 is 11.9 Å². The van der Waals surface area contributed by atoms with Crippen molar-refractivity contribution < 1.29 is 33.4 Å². The van der Waals surface area contributed by atoms with Crippen molar-refractivity contribution >= 4 is 41.4 Å². The molecule has 1 aliphatic heterocycles. The Labute approximate surface area is 269 Å². The van der Waals surface area contributed by atoms with Crippen LogP contribution in [0.4, 0.5) is 0 Å². The van der Waals surface area contributed by atoms with E-state index in [4.69, 9.17) is 25.8 Å². The van der Waals surface area contributed by atoms with E-state index < -0.39 is 47.9 Å². The van der Waals surface area contributed by atoms with E-state index in [1.165, 1.54) is 13.2 Å². The molecule has 2 aromatic rings. The molecule has 0 radical (unpaired) electrons. The highest BCUT2D eigenvalue weighted by atomic mass is 35.5. The maximum Gasteiger partial charge on any atom is 0.347 e. The topological polar surface area (TPSA) is 138 Å². The molecule has 1 aliphatic rings. The van der Waals surface area contributed by atoms with Crippen LogP contribution in [0, 0.1) is 17.8 Å². The van der Waals surface area contributed by atoms with Gasteiger partial charge in [-0.2, -0.15) is 5.10 Å². The Morgan fingerprint density at radius 1 is 1.13 bits per heavy atom.